The highest BCUT2D eigenvalue weighted by molar-refractivity contribution is 7.89. The van der Waals surface area contributed by atoms with Crippen molar-refractivity contribution in [2.24, 2.45) is 7.05 Å². The molecule has 0 radical (unpaired) electrons. The molecule has 0 saturated carbocycles. The summed E-state index contributed by atoms with van der Waals surface area (Å²) in [5.41, 5.74) is 0.508. The van der Waals surface area contributed by atoms with E-state index >= 15 is 0 Å². The number of hydrogen-bond acceptors (Lipinski definition) is 4. The van der Waals surface area contributed by atoms with E-state index in [1.54, 1.807) is 40.8 Å². The molecule has 1 fully saturated rings. The van der Waals surface area contributed by atoms with Crippen molar-refractivity contribution in [2.45, 2.75) is 11.4 Å². The van der Waals surface area contributed by atoms with Gasteiger partial charge in [-0.2, -0.15) is 4.31 Å². The zero-order chi connectivity index (χ0) is 18.0. The van der Waals surface area contributed by atoms with E-state index in [2.05, 4.69) is 4.98 Å². The van der Waals surface area contributed by atoms with Gasteiger partial charge in [0.1, 0.15) is 0 Å². The SMILES string of the molecule is Cn1cnc(S(=O)(=O)N2CCCN(C(=O)c3cccc(Cl)c3)CC2)c1. The Bertz CT molecular complexity index is 881. The van der Waals surface area contributed by atoms with Crippen molar-refractivity contribution in [2.75, 3.05) is 26.2 Å². The van der Waals surface area contributed by atoms with Gasteiger partial charge in [0, 0.05) is 50.0 Å². The molecule has 1 saturated heterocycles. The number of carbonyl (C=O) groups is 1. The van der Waals surface area contributed by atoms with Crippen molar-refractivity contribution < 1.29 is 13.2 Å². The summed E-state index contributed by atoms with van der Waals surface area (Å²) in [6.07, 6.45) is 3.51. The Labute approximate surface area is 151 Å². The topological polar surface area (TPSA) is 75.5 Å². The smallest absolute Gasteiger partial charge is 0.262 e. The first-order valence-electron chi connectivity index (χ1n) is 7.91. The average Bonchev–Trinajstić information content (AvgIpc) is 2.87. The molecule has 1 aliphatic rings. The van der Waals surface area contributed by atoms with E-state index in [9.17, 15) is 13.2 Å². The summed E-state index contributed by atoms with van der Waals surface area (Å²) in [6, 6.07) is 6.77. The van der Waals surface area contributed by atoms with Crippen molar-refractivity contribution >= 4 is 27.5 Å². The maximum Gasteiger partial charge on any atom is 0.262 e. The number of aryl methyl sites for hydroxylation is 1. The molecule has 1 aromatic heterocycles. The second-order valence-corrected chi connectivity index (χ2v) is 8.26. The fraction of sp³-hybridized carbons (Fsp3) is 0.375. The number of imidazole rings is 1. The van der Waals surface area contributed by atoms with E-state index in [0.29, 0.717) is 36.6 Å². The molecular weight excluding hydrogens is 364 g/mol. The minimum Gasteiger partial charge on any atom is -0.339 e. The number of carbonyl (C=O) groups excluding carboxylic acids is 1. The first kappa shape index (κ1) is 17.9. The quantitative estimate of drug-likeness (QED) is 0.808. The van der Waals surface area contributed by atoms with E-state index in [1.165, 1.54) is 16.8 Å². The van der Waals surface area contributed by atoms with Gasteiger partial charge in [0.2, 0.25) is 0 Å². The number of benzene rings is 1. The third-order valence-corrected chi connectivity index (χ3v) is 6.12. The third-order valence-electron chi connectivity index (χ3n) is 4.10. The van der Waals surface area contributed by atoms with Crippen molar-refractivity contribution in [1.29, 1.82) is 0 Å². The van der Waals surface area contributed by atoms with Crippen molar-refractivity contribution in [3.05, 3.63) is 47.4 Å². The molecule has 3 rings (SSSR count). The zero-order valence-electron chi connectivity index (χ0n) is 13.8. The Morgan fingerprint density at radius 1 is 1.20 bits per heavy atom. The van der Waals surface area contributed by atoms with Crippen LogP contribution in [0, 0.1) is 0 Å². The second kappa shape index (κ2) is 7.15. The van der Waals surface area contributed by atoms with E-state index < -0.39 is 10.0 Å². The van der Waals surface area contributed by atoms with Crippen LogP contribution < -0.4 is 0 Å². The first-order chi connectivity index (χ1) is 11.9. The predicted octanol–water partition coefficient (Wildman–Crippen LogP) is 1.61. The normalized spacial score (nSPS) is 16.6. The van der Waals surface area contributed by atoms with Crippen LogP contribution >= 0.6 is 11.6 Å². The lowest BCUT2D eigenvalue weighted by Crippen LogP contribution is -2.37. The number of hydrogen-bond donors (Lipinski definition) is 0. The number of nitrogens with zero attached hydrogens (tertiary/aromatic N) is 4. The number of rotatable bonds is 3. The second-order valence-electron chi connectivity index (χ2n) is 5.94. The van der Waals surface area contributed by atoms with Gasteiger partial charge in [0.25, 0.3) is 15.9 Å². The maximum absolute atomic E-state index is 12.7. The molecule has 0 spiro atoms. The lowest BCUT2D eigenvalue weighted by molar-refractivity contribution is 0.0764. The van der Waals surface area contributed by atoms with Gasteiger partial charge in [0.15, 0.2) is 5.03 Å². The average molecular weight is 383 g/mol. The standard InChI is InChI=1S/C16H19ClN4O3S/c1-19-11-15(18-12-19)25(23,24)21-7-3-6-20(8-9-21)16(22)13-4-2-5-14(17)10-13/h2,4-5,10-12H,3,6-9H2,1H3. The molecule has 0 aliphatic carbocycles. The van der Waals surface area contributed by atoms with Crippen LogP contribution in [0.3, 0.4) is 0 Å². The van der Waals surface area contributed by atoms with Gasteiger partial charge in [0.05, 0.1) is 6.33 Å². The molecule has 0 bridgehead atoms. The van der Waals surface area contributed by atoms with Crippen molar-refractivity contribution in [3.63, 3.8) is 0 Å². The lowest BCUT2D eigenvalue weighted by atomic mass is 10.2. The van der Waals surface area contributed by atoms with Crippen LogP contribution in [0.2, 0.25) is 5.02 Å². The predicted molar refractivity (Wildman–Crippen MR) is 93.9 cm³/mol. The van der Waals surface area contributed by atoms with Crippen molar-refractivity contribution in [3.8, 4) is 0 Å². The van der Waals surface area contributed by atoms with Gasteiger partial charge in [-0.1, -0.05) is 17.7 Å². The molecule has 7 nitrogen and oxygen atoms in total. The van der Waals surface area contributed by atoms with E-state index in [1.807, 2.05) is 0 Å². The first-order valence-corrected chi connectivity index (χ1v) is 9.73. The number of halogens is 1. The molecule has 1 aromatic carbocycles. The zero-order valence-corrected chi connectivity index (χ0v) is 15.4. The van der Waals surface area contributed by atoms with Crippen LogP contribution in [0.4, 0.5) is 0 Å². The van der Waals surface area contributed by atoms with Gasteiger partial charge in [-0.25, -0.2) is 13.4 Å². The summed E-state index contributed by atoms with van der Waals surface area (Å²) in [6.45, 7) is 1.43. The number of aromatic nitrogens is 2. The summed E-state index contributed by atoms with van der Waals surface area (Å²) in [7, 11) is -1.92. The van der Waals surface area contributed by atoms with E-state index in [4.69, 9.17) is 11.6 Å². The highest BCUT2D eigenvalue weighted by Gasteiger charge is 2.30. The molecule has 0 N–H and O–H groups in total. The maximum atomic E-state index is 12.7. The Morgan fingerprint density at radius 3 is 2.68 bits per heavy atom. The fourth-order valence-corrected chi connectivity index (χ4v) is 4.42. The summed E-state index contributed by atoms with van der Waals surface area (Å²) >= 11 is 5.95. The molecule has 134 valence electrons. The van der Waals surface area contributed by atoms with Crippen LogP contribution in [0.1, 0.15) is 16.8 Å². The highest BCUT2D eigenvalue weighted by atomic mass is 35.5. The fourth-order valence-electron chi connectivity index (χ4n) is 2.80. The Balaban J connectivity index is 1.73. The Hall–Kier alpha value is -1.90. The van der Waals surface area contributed by atoms with E-state index in [0.717, 1.165) is 0 Å². The molecule has 2 aromatic rings. The summed E-state index contributed by atoms with van der Waals surface area (Å²) in [4.78, 5) is 18.2. The molecule has 9 heteroatoms. The largest absolute Gasteiger partial charge is 0.339 e. The molecular formula is C16H19ClN4O3S. The molecule has 2 heterocycles. The minimum absolute atomic E-state index is 0.0321. The molecule has 1 amide bonds. The number of amides is 1. The van der Waals surface area contributed by atoms with E-state index in [-0.39, 0.29) is 17.5 Å². The highest BCUT2D eigenvalue weighted by Crippen LogP contribution is 2.18. The van der Waals surface area contributed by atoms with Gasteiger partial charge >= 0.3 is 0 Å². The summed E-state index contributed by atoms with van der Waals surface area (Å²) in [5, 5.41) is 0.532. The van der Waals surface area contributed by atoms with Gasteiger partial charge in [-0.15, -0.1) is 0 Å². The lowest BCUT2D eigenvalue weighted by Gasteiger charge is -2.21. The van der Waals surface area contributed by atoms with Crippen LogP contribution in [-0.2, 0) is 17.1 Å². The third kappa shape index (κ3) is 3.86. The van der Waals surface area contributed by atoms with Crippen LogP contribution in [0.5, 0.6) is 0 Å². The monoisotopic (exact) mass is 382 g/mol. The van der Waals surface area contributed by atoms with Crippen molar-refractivity contribution in [1.82, 2.24) is 18.8 Å². The summed E-state index contributed by atoms with van der Waals surface area (Å²) < 4.78 is 28.3. The van der Waals surface area contributed by atoms with Gasteiger partial charge in [-0.05, 0) is 24.6 Å². The Kier molecular flexibility index (Phi) is 5.12. The molecule has 1 aliphatic heterocycles. The molecule has 25 heavy (non-hydrogen) atoms. The minimum atomic E-state index is -3.64. The Morgan fingerprint density at radius 2 is 2.00 bits per heavy atom. The number of sulfonamides is 1. The van der Waals surface area contributed by atoms with Crippen LogP contribution in [-0.4, -0.2) is 59.3 Å². The summed E-state index contributed by atoms with van der Waals surface area (Å²) in [5.74, 6) is -0.139. The van der Waals surface area contributed by atoms with Crippen LogP contribution in [0.25, 0.3) is 0 Å². The molecule has 0 unspecified atom stereocenters. The van der Waals surface area contributed by atoms with Gasteiger partial charge < -0.3 is 9.47 Å². The van der Waals surface area contributed by atoms with Crippen LogP contribution in [0.15, 0.2) is 41.8 Å². The van der Waals surface area contributed by atoms with Gasteiger partial charge in [-0.3, -0.25) is 4.79 Å². The molecule has 0 atom stereocenters.